The van der Waals surface area contributed by atoms with E-state index >= 15 is 0 Å². The molecule has 0 aliphatic rings. The molecule has 2 aromatic rings. The third-order valence-corrected chi connectivity index (χ3v) is 3.75. The van der Waals surface area contributed by atoms with Crippen molar-refractivity contribution in [3.63, 3.8) is 0 Å². The number of aryl methyl sites for hydroxylation is 2. The first-order chi connectivity index (χ1) is 10.1. The molecular formula is C14H15N3O3S. The standard InChI is InChI=1S/C14H15N3O3S/c1-4-10-9(7-8(2)16-17-10)13(18)15-11-5-6-21-12(11)14(19)20-3/h5-7H,4H2,1-3H3,(H,15,18). The van der Waals surface area contributed by atoms with Crippen LogP contribution in [-0.2, 0) is 11.2 Å². The zero-order valence-corrected chi connectivity index (χ0v) is 12.8. The van der Waals surface area contributed by atoms with Crippen LogP contribution in [-0.4, -0.2) is 29.2 Å². The summed E-state index contributed by atoms with van der Waals surface area (Å²) >= 11 is 1.22. The highest BCUT2D eigenvalue weighted by molar-refractivity contribution is 7.12. The van der Waals surface area contributed by atoms with E-state index in [1.54, 1.807) is 24.4 Å². The number of aromatic nitrogens is 2. The Labute approximate surface area is 126 Å². The Bertz CT molecular complexity index is 682. The number of rotatable bonds is 4. The molecule has 110 valence electrons. The molecule has 0 atom stereocenters. The summed E-state index contributed by atoms with van der Waals surface area (Å²) in [5.74, 6) is -0.784. The van der Waals surface area contributed by atoms with Crippen molar-refractivity contribution in [2.24, 2.45) is 0 Å². The molecule has 0 saturated heterocycles. The number of carbonyl (C=O) groups excluding carboxylic acids is 2. The molecule has 0 spiro atoms. The van der Waals surface area contributed by atoms with Crippen molar-refractivity contribution in [1.29, 1.82) is 0 Å². The normalized spacial score (nSPS) is 10.2. The van der Waals surface area contributed by atoms with Crippen LogP contribution in [0, 0.1) is 6.92 Å². The van der Waals surface area contributed by atoms with E-state index < -0.39 is 5.97 Å². The van der Waals surface area contributed by atoms with Crippen LogP contribution in [0.3, 0.4) is 0 Å². The van der Waals surface area contributed by atoms with Crippen molar-refractivity contribution in [2.75, 3.05) is 12.4 Å². The fourth-order valence-corrected chi connectivity index (χ4v) is 2.59. The Morgan fingerprint density at radius 2 is 2.14 bits per heavy atom. The molecule has 0 aliphatic heterocycles. The lowest BCUT2D eigenvalue weighted by Crippen LogP contribution is -2.17. The van der Waals surface area contributed by atoms with Gasteiger partial charge in [0.25, 0.3) is 5.91 Å². The molecule has 0 radical (unpaired) electrons. The molecule has 2 aromatic heterocycles. The summed E-state index contributed by atoms with van der Waals surface area (Å²) in [4.78, 5) is 24.3. The molecule has 6 nitrogen and oxygen atoms in total. The number of carbonyl (C=O) groups is 2. The quantitative estimate of drug-likeness (QED) is 0.877. The molecule has 21 heavy (non-hydrogen) atoms. The number of anilines is 1. The fraction of sp³-hybridized carbons (Fsp3) is 0.286. The van der Waals surface area contributed by atoms with Gasteiger partial charge in [0.15, 0.2) is 0 Å². The molecule has 1 amide bonds. The van der Waals surface area contributed by atoms with Crippen molar-refractivity contribution in [3.8, 4) is 0 Å². The van der Waals surface area contributed by atoms with E-state index in [0.717, 1.165) is 0 Å². The molecule has 0 fully saturated rings. The first-order valence-electron chi connectivity index (χ1n) is 6.37. The average Bonchev–Trinajstić information content (AvgIpc) is 2.94. The van der Waals surface area contributed by atoms with E-state index in [0.29, 0.717) is 33.9 Å². The van der Waals surface area contributed by atoms with Gasteiger partial charge in [-0.2, -0.15) is 10.2 Å². The van der Waals surface area contributed by atoms with Crippen LogP contribution >= 0.6 is 11.3 Å². The second-order valence-electron chi connectivity index (χ2n) is 4.31. The maximum atomic E-state index is 12.4. The number of nitrogens with one attached hydrogen (secondary N) is 1. The number of nitrogens with zero attached hydrogens (tertiary/aromatic N) is 2. The van der Waals surface area contributed by atoms with Gasteiger partial charge in [0, 0.05) is 0 Å². The van der Waals surface area contributed by atoms with Crippen molar-refractivity contribution in [3.05, 3.63) is 39.3 Å². The predicted molar refractivity (Wildman–Crippen MR) is 79.8 cm³/mol. The van der Waals surface area contributed by atoms with Crippen LogP contribution in [0.15, 0.2) is 17.5 Å². The van der Waals surface area contributed by atoms with E-state index in [1.165, 1.54) is 18.4 Å². The highest BCUT2D eigenvalue weighted by atomic mass is 32.1. The summed E-state index contributed by atoms with van der Waals surface area (Å²) in [6.45, 7) is 3.67. The zero-order valence-electron chi connectivity index (χ0n) is 12.0. The van der Waals surface area contributed by atoms with Crippen LogP contribution in [0.2, 0.25) is 0 Å². The SMILES string of the molecule is CCc1nnc(C)cc1C(=O)Nc1ccsc1C(=O)OC. The Kier molecular flexibility index (Phi) is 4.64. The predicted octanol–water partition coefficient (Wildman–Crippen LogP) is 2.45. The summed E-state index contributed by atoms with van der Waals surface area (Å²) < 4.78 is 4.68. The maximum Gasteiger partial charge on any atom is 0.350 e. The van der Waals surface area contributed by atoms with E-state index in [-0.39, 0.29) is 5.91 Å². The van der Waals surface area contributed by atoms with Gasteiger partial charge in [0.2, 0.25) is 0 Å². The van der Waals surface area contributed by atoms with E-state index in [1.807, 2.05) is 6.92 Å². The van der Waals surface area contributed by atoms with Gasteiger partial charge in [-0.3, -0.25) is 4.79 Å². The van der Waals surface area contributed by atoms with Crippen molar-refractivity contribution in [1.82, 2.24) is 10.2 Å². The minimum atomic E-state index is -0.472. The topological polar surface area (TPSA) is 81.2 Å². The largest absolute Gasteiger partial charge is 0.465 e. The Morgan fingerprint density at radius 1 is 1.38 bits per heavy atom. The number of methoxy groups -OCH3 is 1. The molecule has 0 aromatic carbocycles. The van der Waals surface area contributed by atoms with Crippen LogP contribution in [0.4, 0.5) is 5.69 Å². The molecule has 0 bridgehead atoms. The number of hydrogen-bond donors (Lipinski definition) is 1. The number of hydrogen-bond acceptors (Lipinski definition) is 6. The molecule has 2 rings (SSSR count). The smallest absolute Gasteiger partial charge is 0.350 e. The number of ether oxygens (including phenoxy) is 1. The Hall–Kier alpha value is -2.28. The van der Waals surface area contributed by atoms with Gasteiger partial charge >= 0.3 is 5.97 Å². The monoisotopic (exact) mass is 305 g/mol. The number of thiophene rings is 1. The van der Waals surface area contributed by atoms with E-state index in [4.69, 9.17) is 0 Å². The number of esters is 1. The summed E-state index contributed by atoms with van der Waals surface area (Å²) in [6.07, 6.45) is 0.601. The van der Waals surface area contributed by atoms with E-state index in [2.05, 4.69) is 20.3 Å². The Balaban J connectivity index is 2.29. The molecule has 7 heteroatoms. The molecule has 1 N–H and O–H groups in total. The van der Waals surface area contributed by atoms with Gasteiger partial charge in [0.1, 0.15) is 4.88 Å². The molecule has 0 unspecified atom stereocenters. The highest BCUT2D eigenvalue weighted by Gasteiger charge is 2.18. The maximum absolute atomic E-state index is 12.4. The van der Waals surface area contributed by atoms with Crippen LogP contribution in [0.25, 0.3) is 0 Å². The average molecular weight is 305 g/mol. The first-order valence-corrected chi connectivity index (χ1v) is 7.25. The second-order valence-corrected chi connectivity index (χ2v) is 5.22. The summed E-state index contributed by atoms with van der Waals surface area (Å²) in [6, 6.07) is 3.35. The molecule has 2 heterocycles. The Morgan fingerprint density at radius 3 is 2.81 bits per heavy atom. The van der Waals surface area contributed by atoms with Crippen molar-refractivity contribution in [2.45, 2.75) is 20.3 Å². The fourth-order valence-electron chi connectivity index (χ4n) is 1.82. The lowest BCUT2D eigenvalue weighted by atomic mass is 10.1. The highest BCUT2D eigenvalue weighted by Crippen LogP contribution is 2.24. The second kappa shape index (κ2) is 6.45. The van der Waals surface area contributed by atoms with Crippen molar-refractivity contribution < 1.29 is 14.3 Å². The van der Waals surface area contributed by atoms with Gasteiger partial charge in [-0.25, -0.2) is 4.79 Å². The lowest BCUT2D eigenvalue weighted by Gasteiger charge is -2.08. The van der Waals surface area contributed by atoms with Crippen LogP contribution in [0.5, 0.6) is 0 Å². The molecular weight excluding hydrogens is 290 g/mol. The minimum Gasteiger partial charge on any atom is -0.465 e. The number of amides is 1. The van der Waals surface area contributed by atoms with Gasteiger partial charge in [-0.15, -0.1) is 11.3 Å². The summed E-state index contributed by atoms with van der Waals surface area (Å²) in [7, 11) is 1.30. The third kappa shape index (κ3) is 3.25. The molecule has 0 aliphatic carbocycles. The molecule has 0 saturated carbocycles. The minimum absolute atomic E-state index is 0.312. The van der Waals surface area contributed by atoms with Gasteiger partial charge < -0.3 is 10.1 Å². The first kappa shape index (κ1) is 15.1. The van der Waals surface area contributed by atoms with Crippen molar-refractivity contribution >= 4 is 28.9 Å². The van der Waals surface area contributed by atoms with Crippen LogP contribution < -0.4 is 5.32 Å². The zero-order chi connectivity index (χ0) is 15.4. The van der Waals surface area contributed by atoms with Gasteiger partial charge in [0.05, 0.1) is 29.7 Å². The third-order valence-electron chi connectivity index (χ3n) is 2.86. The lowest BCUT2D eigenvalue weighted by molar-refractivity contribution is 0.0607. The van der Waals surface area contributed by atoms with Gasteiger partial charge in [-0.1, -0.05) is 6.92 Å². The summed E-state index contributed by atoms with van der Waals surface area (Å²) in [5.41, 5.74) is 2.18. The van der Waals surface area contributed by atoms with Crippen LogP contribution in [0.1, 0.15) is 38.3 Å². The summed E-state index contributed by atoms with van der Waals surface area (Å²) in [5, 5.41) is 12.4. The van der Waals surface area contributed by atoms with Gasteiger partial charge in [-0.05, 0) is 30.9 Å². The van der Waals surface area contributed by atoms with E-state index in [9.17, 15) is 9.59 Å².